The van der Waals surface area contributed by atoms with E-state index in [1.54, 1.807) is 11.9 Å². The van der Waals surface area contributed by atoms with Crippen LogP contribution in [0.25, 0.3) is 0 Å². The molecule has 2 aromatic rings. The van der Waals surface area contributed by atoms with Gasteiger partial charge in [-0.15, -0.1) is 0 Å². The second kappa shape index (κ2) is 4.83. The van der Waals surface area contributed by atoms with E-state index in [0.29, 0.717) is 5.56 Å². The number of rotatable bonds is 2. The predicted molar refractivity (Wildman–Crippen MR) is 70.1 cm³/mol. The molecule has 0 aliphatic heterocycles. The molecule has 0 atom stereocenters. The van der Waals surface area contributed by atoms with Crippen molar-refractivity contribution >= 4 is 11.6 Å². The quantitative estimate of drug-likeness (QED) is 0.767. The Hall–Kier alpha value is -2.09. The maximum atomic E-state index is 12.1. The first-order valence-corrected chi connectivity index (χ1v) is 5.43. The molecule has 0 saturated heterocycles. The molecule has 1 radical (unpaired) electrons. The second-order valence-electron chi connectivity index (χ2n) is 3.90. The number of hydrogen-bond acceptors (Lipinski definition) is 1. The summed E-state index contributed by atoms with van der Waals surface area (Å²) in [5.74, 6) is -0.0117. The third kappa shape index (κ3) is 2.53. The van der Waals surface area contributed by atoms with Crippen LogP contribution in [0.1, 0.15) is 15.9 Å². The van der Waals surface area contributed by atoms with Crippen LogP contribution in [0.15, 0.2) is 54.6 Å². The maximum absolute atomic E-state index is 12.1. The summed E-state index contributed by atoms with van der Waals surface area (Å²) in [5.41, 5.74) is 2.49. The number of hydrogen-bond donors (Lipinski definition) is 0. The topological polar surface area (TPSA) is 20.3 Å². The molecule has 1 amide bonds. The molecule has 0 unspecified atom stereocenters. The van der Waals surface area contributed by atoms with E-state index in [-0.39, 0.29) is 5.91 Å². The van der Waals surface area contributed by atoms with Crippen molar-refractivity contribution in [1.82, 2.24) is 0 Å². The molecule has 0 saturated carbocycles. The zero-order valence-electron chi connectivity index (χ0n) is 9.76. The Labute approximate surface area is 102 Å². The van der Waals surface area contributed by atoms with Crippen molar-refractivity contribution in [1.29, 1.82) is 0 Å². The minimum Gasteiger partial charge on any atom is -0.311 e. The number of anilines is 1. The Morgan fingerprint density at radius 2 is 1.59 bits per heavy atom. The molecule has 2 rings (SSSR count). The van der Waals surface area contributed by atoms with Gasteiger partial charge in [-0.25, -0.2) is 0 Å². The summed E-state index contributed by atoms with van der Waals surface area (Å²) in [5, 5.41) is 0. The van der Waals surface area contributed by atoms with E-state index in [0.717, 1.165) is 11.3 Å². The molecule has 2 heteroatoms. The third-order valence-electron chi connectivity index (χ3n) is 2.65. The van der Waals surface area contributed by atoms with Gasteiger partial charge in [0.25, 0.3) is 5.91 Å². The Kier molecular flexibility index (Phi) is 3.24. The Morgan fingerprint density at radius 1 is 1.00 bits per heavy atom. The lowest BCUT2D eigenvalue weighted by atomic mass is 10.1. The van der Waals surface area contributed by atoms with Gasteiger partial charge in [-0.2, -0.15) is 0 Å². The van der Waals surface area contributed by atoms with Gasteiger partial charge in [0.15, 0.2) is 0 Å². The number of carbonyl (C=O) groups excluding carboxylic acids is 1. The molecule has 0 spiro atoms. The van der Waals surface area contributed by atoms with Gasteiger partial charge < -0.3 is 4.90 Å². The zero-order valence-corrected chi connectivity index (χ0v) is 9.76. The fraction of sp³-hybridized carbons (Fsp3) is 0.0667. The molecule has 85 valence electrons. The van der Waals surface area contributed by atoms with Gasteiger partial charge >= 0.3 is 0 Å². The van der Waals surface area contributed by atoms with E-state index < -0.39 is 0 Å². The fourth-order valence-corrected chi connectivity index (χ4v) is 1.61. The Morgan fingerprint density at radius 3 is 2.18 bits per heavy atom. The Bertz CT molecular complexity index is 502. The molecule has 0 bridgehead atoms. The van der Waals surface area contributed by atoms with Gasteiger partial charge in [0.05, 0.1) is 0 Å². The average Bonchev–Trinajstić information content (AvgIpc) is 2.39. The lowest BCUT2D eigenvalue weighted by Crippen LogP contribution is -2.25. The van der Waals surface area contributed by atoms with Crippen molar-refractivity contribution in [2.24, 2.45) is 0 Å². The Balaban J connectivity index is 2.23. The van der Waals surface area contributed by atoms with Gasteiger partial charge in [0.1, 0.15) is 0 Å². The first-order chi connectivity index (χ1) is 8.18. The van der Waals surface area contributed by atoms with E-state index in [1.807, 2.05) is 54.6 Å². The first kappa shape index (κ1) is 11.4. The van der Waals surface area contributed by atoms with Crippen molar-refractivity contribution in [3.8, 4) is 0 Å². The predicted octanol–water partition coefficient (Wildman–Crippen LogP) is 3.15. The molecule has 2 nitrogen and oxygen atoms in total. The fourth-order valence-electron chi connectivity index (χ4n) is 1.61. The third-order valence-corrected chi connectivity index (χ3v) is 2.65. The van der Waals surface area contributed by atoms with E-state index in [1.165, 1.54) is 0 Å². The molecule has 17 heavy (non-hydrogen) atoms. The SMILES string of the molecule is [CH2]c1ccc(N(C)C(=O)c2ccccc2)cc1. The van der Waals surface area contributed by atoms with Crippen molar-refractivity contribution in [2.45, 2.75) is 0 Å². The summed E-state index contributed by atoms with van der Waals surface area (Å²) in [6.45, 7) is 3.82. The summed E-state index contributed by atoms with van der Waals surface area (Å²) in [6.07, 6.45) is 0. The van der Waals surface area contributed by atoms with Gasteiger partial charge in [-0.3, -0.25) is 4.79 Å². The van der Waals surface area contributed by atoms with Crippen molar-refractivity contribution in [2.75, 3.05) is 11.9 Å². The minimum absolute atomic E-state index is 0.0117. The van der Waals surface area contributed by atoms with Crippen LogP contribution in [-0.2, 0) is 0 Å². The smallest absolute Gasteiger partial charge is 0.258 e. The number of amides is 1. The summed E-state index contributed by atoms with van der Waals surface area (Å²) in [7, 11) is 1.77. The molecule has 0 heterocycles. The molecule has 0 aliphatic rings. The summed E-state index contributed by atoms with van der Waals surface area (Å²) < 4.78 is 0. The van der Waals surface area contributed by atoms with E-state index >= 15 is 0 Å². The molecule has 0 aromatic heterocycles. The van der Waals surface area contributed by atoms with Crippen molar-refractivity contribution < 1.29 is 4.79 Å². The van der Waals surface area contributed by atoms with Crippen LogP contribution in [0, 0.1) is 6.92 Å². The van der Waals surface area contributed by atoms with E-state index in [4.69, 9.17) is 0 Å². The maximum Gasteiger partial charge on any atom is 0.258 e. The van der Waals surface area contributed by atoms with Gasteiger partial charge in [0.2, 0.25) is 0 Å². The van der Waals surface area contributed by atoms with Crippen LogP contribution in [0.4, 0.5) is 5.69 Å². The summed E-state index contributed by atoms with van der Waals surface area (Å²) in [4.78, 5) is 13.8. The largest absolute Gasteiger partial charge is 0.311 e. The highest BCUT2D eigenvalue weighted by Crippen LogP contribution is 2.16. The van der Waals surface area contributed by atoms with Crippen LogP contribution in [0.5, 0.6) is 0 Å². The normalized spacial score (nSPS) is 10.0. The summed E-state index contributed by atoms with van der Waals surface area (Å²) in [6, 6.07) is 16.8. The molecular weight excluding hydrogens is 210 g/mol. The lowest BCUT2D eigenvalue weighted by molar-refractivity contribution is 0.0993. The highest BCUT2D eigenvalue weighted by atomic mass is 16.2. The minimum atomic E-state index is -0.0117. The molecule has 0 aliphatic carbocycles. The number of carbonyl (C=O) groups is 1. The van der Waals surface area contributed by atoms with E-state index in [9.17, 15) is 4.79 Å². The second-order valence-corrected chi connectivity index (χ2v) is 3.90. The highest BCUT2D eigenvalue weighted by molar-refractivity contribution is 6.05. The van der Waals surface area contributed by atoms with Crippen LogP contribution in [-0.4, -0.2) is 13.0 Å². The van der Waals surface area contributed by atoms with Crippen molar-refractivity contribution in [3.63, 3.8) is 0 Å². The van der Waals surface area contributed by atoms with Crippen molar-refractivity contribution in [3.05, 3.63) is 72.6 Å². The lowest BCUT2D eigenvalue weighted by Gasteiger charge is -2.17. The molecule has 0 N–H and O–H groups in total. The molecule has 2 aromatic carbocycles. The van der Waals surface area contributed by atoms with Crippen LogP contribution in [0.2, 0.25) is 0 Å². The monoisotopic (exact) mass is 224 g/mol. The van der Waals surface area contributed by atoms with Gasteiger partial charge in [0, 0.05) is 18.3 Å². The van der Waals surface area contributed by atoms with Crippen LogP contribution >= 0.6 is 0 Å². The number of benzene rings is 2. The van der Waals surface area contributed by atoms with Crippen LogP contribution < -0.4 is 4.90 Å². The average molecular weight is 224 g/mol. The zero-order chi connectivity index (χ0) is 12.3. The first-order valence-electron chi connectivity index (χ1n) is 5.43. The standard InChI is InChI=1S/C15H14NO/c1-12-8-10-14(11-9-12)16(2)15(17)13-6-4-3-5-7-13/h3-11H,1H2,2H3. The molecule has 0 fully saturated rings. The molecular formula is C15H14NO. The van der Waals surface area contributed by atoms with Crippen LogP contribution in [0.3, 0.4) is 0 Å². The van der Waals surface area contributed by atoms with E-state index in [2.05, 4.69) is 6.92 Å². The highest BCUT2D eigenvalue weighted by Gasteiger charge is 2.12. The van der Waals surface area contributed by atoms with Gasteiger partial charge in [-0.05, 0) is 36.8 Å². The summed E-state index contributed by atoms with van der Waals surface area (Å²) >= 11 is 0. The number of nitrogens with zero attached hydrogens (tertiary/aromatic N) is 1. The van der Waals surface area contributed by atoms with Gasteiger partial charge in [-0.1, -0.05) is 30.3 Å².